The van der Waals surface area contributed by atoms with Crippen LogP contribution < -0.4 is 9.47 Å². The van der Waals surface area contributed by atoms with Crippen molar-refractivity contribution < 1.29 is 13.9 Å². The molecule has 0 saturated heterocycles. The minimum Gasteiger partial charge on any atom is -0.496 e. The molecule has 2 rings (SSSR count). The SMILES string of the molecule is COc1cc(/C=C/c2ccncc2)c(F)c(OC)c1C(C)C. The first-order valence-corrected chi connectivity index (χ1v) is 7.11. The van der Waals surface area contributed by atoms with Gasteiger partial charge in [-0.1, -0.05) is 26.0 Å². The fourth-order valence-corrected chi connectivity index (χ4v) is 2.34. The standard InChI is InChI=1S/C18H20FNO2/c1-12(2)16-15(21-3)11-14(17(19)18(16)22-4)6-5-13-7-9-20-10-8-13/h5-12H,1-4H3/b6-5+. The maximum Gasteiger partial charge on any atom is 0.172 e. The Morgan fingerprint density at radius 2 is 1.77 bits per heavy atom. The quantitative estimate of drug-likeness (QED) is 0.813. The average Bonchev–Trinajstić information content (AvgIpc) is 2.53. The molecule has 0 saturated carbocycles. The van der Waals surface area contributed by atoms with Gasteiger partial charge in [-0.2, -0.15) is 0 Å². The second-order valence-electron chi connectivity index (χ2n) is 5.20. The van der Waals surface area contributed by atoms with Crippen LogP contribution in [0.15, 0.2) is 30.6 Å². The monoisotopic (exact) mass is 301 g/mol. The number of pyridine rings is 1. The molecule has 0 spiro atoms. The van der Waals surface area contributed by atoms with Crippen LogP contribution in [0.25, 0.3) is 12.2 Å². The molecule has 0 bridgehead atoms. The summed E-state index contributed by atoms with van der Waals surface area (Å²) in [7, 11) is 3.05. The highest BCUT2D eigenvalue weighted by Crippen LogP contribution is 2.39. The molecule has 0 amide bonds. The van der Waals surface area contributed by atoms with Crippen molar-refractivity contribution in [1.29, 1.82) is 0 Å². The van der Waals surface area contributed by atoms with Crippen LogP contribution in [0.5, 0.6) is 11.5 Å². The first-order chi connectivity index (χ1) is 10.6. The van der Waals surface area contributed by atoms with E-state index in [9.17, 15) is 4.39 Å². The highest BCUT2D eigenvalue weighted by molar-refractivity contribution is 5.72. The molecule has 0 aliphatic carbocycles. The number of hydrogen-bond donors (Lipinski definition) is 0. The van der Waals surface area contributed by atoms with Crippen molar-refractivity contribution in [3.05, 3.63) is 53.1 Å². The maximum atomic E-state index is 14.7. The third-order valence-corrected chi connectivity index (χ3v) is 3.41. The van der Waals surface area contributed by atoms with E-state index in [4.69, 9.17) is 9.47 Å². The molecular weight excluding hydrogens is 281 g/mol. The number of halogens is 1. The fourth-order valence-electron chi connectivity index (χ4n) is 2.34. The van der Waals surface area contributed by atoms with Crippen LogP contribution >= 0.6 is 0 Å². The second kappa shape index (κ2) is 7.07. The maximum absolute atomic E-state index is 14.7. The second-order valence-corrected chi connectivity index (χ2v) is 5.20. The van der Waals surface area contributed by atoms with E-state index in [0.29, 0.717) is 11.3 Å². The first-order valence-electron chi connectivity index (χ1n) is 7.11. The fraction of sp³-hybridized carbons (Fsp3) is 0.278. The zero-order valence-electron chi connectivity index (χ0n) is 13.3. The van der Waals surface area contributed by atoms with Gasteiger partial charge >= 0.3 is 0 Å². The van der Waals surface area contributed by atoms with Crippen LogP contribution in [0.4, 0.5) is 4.39 Å². The molecule has 116 valence electrons. The van der Waals surface area contributed by atoms with Crippen molar-refractivity contribution in [2.75, 3.05) is 14.2 Å². The molecule has 0 N–H and O–H groups in total. The minimum absolute atomic E-state index is 0.0950. The number of benzene rings is 1. The highest BCUT2D eigenvalue weighted by atomic mass is 19.1. The van der Waals surface area contributed by atoms with Gasteiger partial charge in [0.15, 0.2) is 11.6 Å². The Morgan fingerprint density at radius 3 is 2.32 bits per heavy atom. The lowest BCUT2D eigenvalue weighted by atomic mass is 9.97. The molecule has 1 aromatic heterocycles. The lowest BCUT2D eigenvalue weighted by molar-refractivity contribution is 0.362. The predicted octanol–water partition coefficient (Wildman–Crippen LogP) is 4.53. The Labute approximate surface area is 130 Å². The molecule has 4 heteroatoms. The van der Waals surface area contributed by atoms with E-state index in [0.717, 1.165) is 11.1 Å². The number of rotatable bonds is 5. The lowest BCUT2D eigenvalue weighted by Crippen LogP contribution is -2.03. The Hall–Kier alpha value is -2.36. The Balaban J connectivity index is 2.51. The highest BCUT2D eigenvalue weighted by Gasteiger charge is 2.20. The van der Waals surface area contributed by atoms with Crippen LogP contribution in [0.1, 0.15) is 36.5 Å². The van der Waals surface area contributed by atoms with E-state index in [1.165, 1.54) is 7.11 Å². The summed E-state index contributed by atoms with van der Waals surface area (Å²) in [6.45, 7) is 3.96. The smallest absolute Gasteiger partial charge is 0.172 e. The summed E-state index contributed by atoms with van der Waals surface area (Å²) in [6, 6.07) is 5.40. The van der Waals surface area contributed by atoms with Crippen LogP contribution in [-0.2, 0) is 0 Å². The summed E-state index contributed by atoms with van der Waals surface area (Å²) in [6.07, 6.45) is 6.92. The zero-order valence-corrected chi connectivity index (χ0v) is 13.3. The van der Waals surface area contributed by atoms with E-state index in [-0.39, 0.29) is 17.5 Å². The van der Waals surface area contributed by atoms with Gasteiger partial charge in [0.05, 0.1) is 14.2 Å². The van der Waals surface area contributed by atoms with Crippen LogP contribution in [0.2, 0.25) is 0 Å². The number of aromatic nitrogens is 1. The molecule has 22 heavy (non-hydrogen) atoms. The van der Waals surface area contributed by atoms with E-state index in [1.807, 2.05) is 32.1 Å². The van der Waals surface area contributed by atoms with Gasteiger partial charge in [0, 0.05) is 23.5 Å². The summed E-state index contributed by atoms with van der Waals surface area (Å²) in [5.41, 5.74) is 2.11. The normalized spacial score (nSPS) is 11.2. The van der Waals surface area contributed by atoms with E-state index >= 15 is 0 Å². The lowest BCUT2D eigenvalue weighted by Gasteiger charge is -2.18. The topological polar surface area (TPSA) is 31.4 Å². The number of ether oxygens (including phenoxy) is 2. The largest absolute Gasteiger partial charge is 0.496 e. The summed E-state index contributed by atoms with van der Waals surface area (Å²) in [5.74, 6) is 0.585. The third kappa shape index (κ3) is 3.27. The molecule has 0 unspecified atom stereocenters. The number of nitrogens with zero attached hydrogens (tertiary/aromatic N) is 1. The van der Waals surface area contributed by atoms with E-state index < -0.39 is 0 Å². The van der Waals surface area contributed by atoms with Gasteiger partial charge in [0.25, 0.3) is 0 Å². The third-order valence-electron chi connectivity index (χ3n) is 3.41. The van der Waals surface area contributed by atoms with Crippen LogP contribution in [0, 0.1) is 5.82 Å². The van der Waals surface area contributed by atoms with Gasteiger partial charge < -0.3 is 9.47 Å². The molecular formula is C18H20FNO2. The average molecular weight is 301 g/mol. The molecule has 0 aliphatic heterocycles. The van der Waals surface area contributed by atoms with E-state index in [1.54, 1.807) is 31.6 Å². The number of methoxy groups -OCH3 is 2. The number of hydrogen-bond acceptors (Lipinski definition) is 3. The molecule has 1 heterocycles. The van der Waals surface area contributed by atoms with Crippen molar-refractivity contribution in [1.82, 2.24) is 4.98 Å². The molecule has 3 nitrogen and oxygen atoms in total. The summed E-state index contributed by atoms with van der Waals surface area (Å²) < 4.78 is 25.3. The van der Waals surface area contributed by atoms with Gasteiger partial charge in [-0.25, -0.2) is 4.39 Å². The molecule has 2 aromatic rings. The molecule has 1 aromatic carbocycles. The Bertz CT molecular complexity index is 667. The van der Waals surface area contributed by atoms with Crippen LogP contribution in [0.3, 0.4) is 0 Å². The minimum atomic E-state index is -0.377. The Kier molecular flexibility index (Phi) is 5.15. The van der Waals surface area contributed by atoms with Crippen molar-refractivity contribution in [2.45, 2.75) is 19.8 Å². The summed E-state index contributed by atoms with van der Waals surface area (Å²) in [4.78, 5) is 3.96. The molecule has 0 fully saturated rings. The molecule has 0 radical (unpaired) electrons. The summed E-state index contributed by atoms with van der Waals surface area (Å²) >= 11 is 0. The first kappa shape index (κ1) is 16.0. The summed E-state index contributed by atoms with van der Waals surface area (Å²) in [5, 5.41) is 0. The van der Waals surface area contributed by atoms with Gasteiger partial charge in [-0.3, -0.25) is 4.98 Å². The van der Waals surface area contributed by atoms with Gasteiger partial charge in [0.1, 0.15) is 5.75 Å². The zero-order chi connectivity index (χ0) is 16.1. The molecule has 0 aliphatic rings. The molecule has 0 atom stereocenters. The van der Waals surface area contributed by atoms with Gasteiger partial charge in [0.2, 0.25) is 0 Å². The van der Waals surface area contributed by atoms with Crippen LogP contribution in [-0.4, -0.2) is 19.2 Å². The van der Waals surface area contributed by atoms with Crippen molar-refractivity contribution >= 4 is 12.2 Å². The van der Waals surface area contributed by atoms with Crippen molar-refractivity contribution in [2.24, 2.45) is 0 Å². The van der Waals surface area contributed by atoms with Gasteiger partial charge in [-0.05, 0) is 29.7 Å². The van der Waals surface area contributed by atoms with Crippen molar-refractivity contribution in [3.8, 4) is 11.5 Å². The van der Waals surface area contributed by atoms with E-state index in [2.05, 4.69) is 4.98 Å². The van der Waals surface area contributed by atoms with Gasteiger partial charge in [-0.15, -0.1) is 0 Å². The van der Waals surface area contributed by atoms with Crippen molar-refractivity contribution in [3.63, 3.8) is 0 Å². The predicted molar refractivity (Wildman–Crippen MR) is 86.8 cm³/mol. The Morgan fingerprint density at radius 1 is 1.09 bits per heavy atom.